The molecule has 1 atom stereocenters. The van der Waals surface area contributed by atoms with E-state index < -0.39 is 30.3 Å². The monoisotopic (exact) mass is 505 g/mol. The molecule has 0 radical (unpaired) electrons. The van der Waals surface area contributed by atoms with Gasteiger partial charge in [-0.05, 0) is 57.3 Å². The van der Waals surface area contributed by atoms with Gasteiger partial charge in [0.1, 0.15) is 11.8 Å². The van der Waals surface area contributed by atoms with Crippen molar-refractivity contribution in [3.8, 4) is 5.75 Å². The summed E-state index contributed by atoms with van der Waals surface area (Å²) in [6, 6.07) is 1.46. The zero-order chi connectivity index (χ0) is 15.4. The Bertz CT molecular complexity index is 574. The average Bonchev–Trinajstić information content (AvgIpc) is 2.32. The van der Waals surface area contributed by atoms with Gasteiger partial charge in [0, 0.05) is 3.57 Å². The Morgan fingerprint density at radius 1 is 1.20 bits per heavy atom. The number of phenols is 1. The van der Waals surface area contributed by atoms with Gasteiger partial charge in [0.15, 0.2) is 0 Å². The molecule has 9 heteroatoms. The van der Waals surface area contributed by atoms with Crippen molar-refractivity contribution in [2.75, 3.05) is 0 Å². The van der Waals surface area contributed by atoms with Gasteiger partial charge in [-0.15, -0.1) is 0 Å². The number of nitrogens with one attached hydrogen (secondary N) is 1. The quantitative estimate of drug-likeness (QED) is 0.448. The van der Waals surface area contributed by atoms with E-state index in [-0.39, 0.29) is 11.3 Å². The van der Waals surface area contributed by atoms with Crippen molar-refractivity contribution >= 4 is 63.0 Å². The lowest BCUT2D eigenvalue weighted by Gasteiger charge is -2.13. The largest absolute Gasteiger partial charge is 0.506 e. The third kappa shape index (κ3) is 4.47. The van der Waals surface area contributed by atoms with Crippen LogP contribution in [0.25, 0.3) is 0 Å². The molecule has 0 heterocycles. The van der Waals surface area contributed by atoms with Crippen LogP contribution in [0.15, 0.2) is 12.1 Å². The van der Waals surface area contributed by atoms with Crippen molar-refractivity contribution in [1.29, 1.82) is 0 Å². The highest BCUT2D eigenvalue weighted by Crippen LogP contribution is 2.27. The molecule has 4 N–H and O–H groups in total. The lowest BCUT2D eigenvalue weighted by atomic mass is 10.1. The fourth-order valence-corrected chi connectivity index (χ4v) is 3.19. The number of carboxylic acids is 2. The minimum atomic E-state index is -1.56. The Balaban J connectivity index is 3.00. The maximum Gasteiger partial charge on any atom is 0.326 e. The zero-order valence-electron chi connectivity index (χ0n) is 9.76. The summed E-state index contributed by atoms with van der Waals surface area (Å²) in [6.45, 7) is 0. The van der Waals surface area contributed by atoms with E-state index in [9.17, 15) is 19.5 Å². The topological polar surface area (TPSA) is 124 Å². The summed E-state index contributed by atoms with van der Waals surface area (Å²) in [4.78, 5) is 33.4. The highest BCUT2D eigenvalue weighted by Gasteiger charge is 2.25. The van der Waals surface area contributed by atoms with Crippen LogP contribution < -0.4 is 5.32 Å². The molecule has 0 aromatic heterocycles. The van der Waals surface area contributed by atoms with Crippen LogP contribution in [0.2, 0.25) is 0 Å². The van der Waals surface area contributed by atoms with Crippen molar-refractivity contribution in [2.24, 2.45) is 0 Å². The second-order valence-corrected chi connectivity index (χ2v) is 6.15. The number of carbonyl (C=O) groups is 3. The van der Waals surface area contributed by atoms with Crippen LogP contribution in [-0.4, -0.2) is 39.2 Å². The summed E-state index contributed by atoms with van der Waals surface area (Å²) in [5.74, 6) is -3.92. The number of carbonyl (C=O) groups excluding carboxylic acids is 1. The summed E-state index contributed by atoms with van der Waals surface area (Å²) in [5.41, 5.74) is -0.0991. The van der Waals surface area contributed by atoms with Gasteiger partial charge in [-0.2, -0.15) is 0 Å². The summed E-state index contributed by atoms with van der Waals surface area (Å²) in [7, 11) is 0. The van der Waals surface area contributed by atoms with Crippen LogP contribution in [0, 0.1) is 7.14 Å². The molecule has 20 heavy (non-hydrogen) atoms. The maximum absolute atomic E-state index is 11.9. The SMILES string of the molecule is O=C(O)CC(NC(=O)c1cc(I)cc(I)c1O)C(=O)O. The van der Waals surface area contributed by atoms with Crippen LogP contribution in [0.1, 0.15) is 16.8 Å². The molecule has 1 aromatic carbocycles. The summed E-state index contributed by atoms with van der Waals surface area (Å²) >= 11 is 3.77. The third-order valence-corrected chi connectivity index (χ3v) is 3.70. The minimum Gasteiger partial charge on any atom is -0.506 e. The number of hydrogen-bond donors (Lipinski definition) is 4. The molecule has 0 fully saturated rings. The fourth-order valence-electron chi connectivity index (χ4n) is 1.35. The molecule has 0 aliphatic heterocycles. The van der Waals surface area contributed by atoms with Crippen LogP contribution in [0.4, 0.5) is 0 Å². The number of amides is 1. The summed E-state index contributed by atoms with van der Waals surface area (Å²) < 4.78 is 1.12. The number of aromatic hydroxyl groups is 1. The highest BCUT2D eigenvalue weighted by molar-refractivity contribution is 14.1. The number of benzene rings is 1. The first-order valence-electron chi connectivity index (χ1n) is 5.16. The number of phenolic OH excluding ortho intramolecular Hbond substituents is 1. The standard InChI is InChI=1S/C11H9I2NO6/c12-4-1-5(9(17)6(13)2-4)10(18)14-7(11(19)20)3-8(15)16/h1-2,7,17H,3H2,(H,14,18)(H,15,16)(H,19,20). The Labute approximate surface area is 140 Å². The number of halogens is 2. The van der Waals surface area contributed by atoms with Crippen LogP contribution >= 0.6 is 45.2 Å². The lowest BCUT2D eigenvalue weighted by Crippen LogP contribution is -2.42. The van der Waals surface area contributed by atoms with Crippen molar-refractivity contribution < 1.29 is 29.7 Å². The van der Waals surface area contributed by atoms with E-state index in [0.717, 1.165) is 0 Å². The number of hydrogen-bond acceptors (Lipinski definition) is 4. The second-order valence-electron chi connectivity index (χ2n) is 3.75. The van der Waals surface area contributed by atoms with Gasteiger partial charge in [0.25, 0.3) is 5.91 Å². The molecule has 0 bridgehead atoms. The van der Waals surface area contributed by atoms with E-state index in [2.05, 4.69) is 5.32 Å². The van der Waals surface area contributed by atoms with E-state index in [0.29, 0.717) is 7.14 Å². The van der Waals surface area contributed by atoms with E-state index in [1.807, 2.05) is 45.2 Å². The van der Waals surface area contributed by atoms with Gasteiger partial charge in [-0.25, -0.2) is 4.79 Å². The lowest BCUT2D eigenvalue weighted by molar-refractivity contribution is -0.145. The summed E-state index contributed by atoms with van der Waals surface area (Å²) in [5, 5.41) is 29.3. The normalized spacial score (nSPS) is 11.7. The first kappa shape index (κ1) is 16.9. The van der Waals surface area contributed by atoms with E-state index >= 15 is 0 Å². The van der Waals surface area contributed by atoms with Gasteiger partial charge in [-0.3, -0.25) is 9.59 Å². The molecule has 1 amide bonds. The Kier molecular flexibility index (Phi) is 5.98. The average molecular weight is 505 g/mol. The highest BCUT2D eigenvalue weighted by atomic mass is 127. The molecule has 108 valence electrons. The smallest absolute Gasteiger partial charge is 0.326 e. The third-order valence-electron chi connectivity index (χ3n) is 2.25. The maximum atomic E-state index is 11.9. The second kappa shape index (κ2) is 7.06. The molecular weight excluding hydrogens is 496 g/mol. The van der Waals surface area contributed by atoms with Crippen LogP contribution in [0.5, 0.6) is 5.75 Å². The van der Waals surface area contributed by atoms with E-state index in [1.54, 1.807) is 6.07 Å². The molecule has 0 aliphatic rings. The molecule has 1 aromatic rings. The van der Waals surface area contributed by atoms with Gasteiger partial charge in [-0.1, -0.05) is 0 Å². The molecule has 0 aliphatic carbocycles. The molecular formula is C11H9I2NO6. The molecule has 1 unspecified atom stereocenters. The Morgan fingerprint density at radius 3 is 2.30 bits per heavy atom. The van der Waals surface area contributed by atoms with Crippen LogP contribution in [-0.2, 0) is 9.59 Å². The van der Waals surface area contributed by atoms with Crippen molar-refractivity contribution in [3.63, 3.8) is 0 Å². The minimum absolute atomic E-state index is 0.0991. The van der Waals surface area contributed by atoms with Crippen molar-refractivity contribution in [1.82, 2.24) is 5.32 Å². The van der Waals surface area contributed by atoms with Crippen LogP contribution in [0.3, 0.4) is 0 Å². The molecule has 0 saturated heterocycles. The van der Waals surface area contributed by atoms with Gasteiger partial charge in [0.05, 0.1) is 15.6 Å². The number of rotatable bonds is 5. The van der Waals surface area contributed by atoms with Crippen molar-refractivity contribution in [2.45, 2.75) is 12.5 Å². The predicted molar refractivity (Wildman–Crippen MR) is 84.7 cm³/mol. The fraction of sp³-hybridized carbons (Fsp3) is 0.182. The molecule has 0 saturated carbocycles. The number of carboxylic acid groups (broad SMARTS) is 2. The van der Waals surface area contributed by atoms with Gasteiger partial charge < -0.3 is 20.6 Å². The first-order chi connectivity index (χ1) is 9.22. The number of aliphatic carboxylic acids is 2. The van der Waals surface area contributed by atoms with E-state index in [1.165, 1.54) is 6.07 Å². The first-order valence-corrected chi connectivity index (χ1v) is 7.31. The molecule has 1 rings (SSSR count). The molecule has 0 spiro atoms. The molecule has 7 nitrogen and oxygen atoms in total. The Morgan fingerprint density at radius 2 is 1.80 bits per heavy atom. The van der Waals surface area contributed by atoms with Crippen molar-refractivity contribution in [3.05, 3.63) is 24.8 Å². The van der Waals surface area contributed by atoms with E-state index in [4.69, 9.17) is 10.2 Å². The van der Waals surface area contributed by atoms with Gasteiger partial charge >= 0.3 is 11.9 Å². The Hall–Kier alpha value is -1.11. The van der Waals surface area contributed by atoms with Gasteiger partial charge in [0.2, 0.25) is 0 Å². The predicted octanol–water partition coefficient (Wildman–Crippen LogP) is 1.26. The zero-order valence-corrected chi connectivity index (χ0v) is 14.1. The summed E-state index contributed by atoms with van der Waals surface area (Å²) in [6.07, 6.45) is -0.747.